The Morgan fingerprint density at radius 1 is 1.00 bits per heavy atom. The van der Waals surface area contributed by atoms with Crippen molar-refractivity contribution in [1.82, 2.24) is 30.3 Å². The quantitative estimate of drug-likeness (QED) is 0.113. The molecule has 0 spiro atoms. The van der Waals surface area contributed by atoms with Gasteiger partial charge in [0.25, 0.3) is 5.91 Å². The number of nitrogens with zero attached hydrogens (tertiary/aromatic N) is 3. The van der Waals surface area contributed by atoms with Crippen LogP contribution in [-0.4, -0.2) is 73.2 Å². The lowest BCUT2D eigenvalue weighted by molar-refractivity contribution is 0.0681. The number of carbonyl (C=O) groups excluding carboxylic acids is 1. The summed E-state index contributed by atoms with van der Waals surface area (Å²) >= 11 is 0. The Kier molecular flexibility index (Phi) is 10.4. The molecule has 2 aromatic heterocycles. The van der Waals surface area contributed by atoms with Crippen LogP contribution >= 0.6 is 0 Å². The molecule has 0 radical (unpaired) electrons. The molecule has 1 fully saturated rings. The number of phenols is 1. The summed E-state index contributed by atoms with van der Waals surface area (Å²) in [4.78, 5) is 41.0. The van der Waals surface area contributed by atoms with E-state index in [1.807, 2.05) is 47.4 Å². The third-order valence-corrected chi connectivity index (χ3v) is 9.11. The van der Waals surface area contributed by atoms with Crippen molar-refractivity contribution in [3.8, 4) is 11.5 Å². The molecule has 0 aliphatic carbocycles. The van der Waals surface area contributed by atoms with Crippen LogP contribution < -0.4 is 20.9 Å². The van der Waals surface area contributed by atoms with Crippen LogP contribution in [0.15, 0.2) is 89.7 Å². The number of ether oxygens (including phenoxy) is 1. The predicted molar refractivity (Wildman–Crippen MR) is 186 cm³/mol. The number of nitrogens with one attached hydrogen (secondary N) is 3. The Balaban J connectivity index is 0.994. The summed E-state index contributed by atoms with van der Waals surface area (Å²) in [7, 11) is 1.76. The van der Waals surface area contributed by atoms with Crippen molar-refractivity contribution in [3.63, 3.8) is 0 Å². The van der Waals surface area contributed by atoms with Gasteiger partial charge < -0.3 is 40.6 Å². The summed E-state index contributed by atoms with van der Waals surface area (Å²) in [5.74, 6) is 0.694. The van der Waals surface area contributed by atoms with Gasteiger partial charge in [-0.2, -0.15) is 5.10 Å². The number of carbonyl (C=O) groups is 2. The summed E-state index contributed by atoms with van der Waals surface area (Å²) in [6, 6.07) is 23.8. The summed E-state index contributed by atoms with van der Waals surface area (Å²) in [6.07, 6.45) is -0.358. The zero-order chi connectivity index (χ0) is 35.2. The number of hydrogen-bond donors (Lipinski definition) is 6. The van der Waals surface area contributed by atoms with Crippen molar-refractivity contribution in [3.05, 3.63) is 123 Å². The van der Waals surface area contributed by atoms with Gasteiger partial charge in [0.1, 0.15) is 18.1 Å². The third-order valence-electron chi connectivity index (χ3n) is 9.11. The summed E-state index contributed by atoms with van der Waals surface area (Å²) in [6.45, 7) is 2.32. The zero-order valence-electron chi connectivity index (χ0n) is 27.6. The maximum absolute atomic E-state index is 13.4. The number of pyridine rings is 1. The van der Waals surface area contributed by atoms with Gasteiger partial charge in [-0.05, 0) is 72.3 Å². The topological polar surface area (TPSA) is 182 Å². The molecule has 13 nitrogen and oxygen atoms in total. The van der Waals surface area contributed by atoms with Crippen LogP contribution in [0.3, 0.4) is 0 Å². The fourth-order valence-electron chi connectivity index (χ4n) is 6.40. The van der Waals surface area contributed by atoms with E-state index in [9.17, 15) is 29.7 Å². The number of aliphatic hydroxyl groups excluding tert-OH is 1. The maximum Gasteiger partial charge on any atom is 0.405 e. The van der Waals surface area contributed by atoms with Gasteiger partial charge in [0.15, 0.2) is 5.69 Å². The minimum Gasteiger partial charge on any atom is -0.506 e. The Hall–Kier alpha value is -5.66. The van der Waals surface area contributed by atoms with E-state index >= 15 is 0 Å². The first-order chi connectivity index (χ1) is 24.2. The van der Waals surface area contributed by atoms with E-state index in [1.165, 1.54) is 12.1 Å². The highest BCUT2D eigenvalue weighted by Gasteiger charge is 2.26. The van der Waals surface area contributed by atoms with Gasteiger partial charge in [0, 0.05) is 38.1 Å². The number of aromatic hydroxyl groups is 1. The van der Waals surface area contributed by atoms with Crippen molar-refractivity contribution in [2.75, 3.05) is 26.2 Å². The van der Waals surface area contributed by atoms with Crippen molar-refractivity contribution < 1.29 is 29.6 Å². The Labute approximate surface area is 288 Å². The largest absolute Gasteiger partial charge is 0.506 e. The van der Waals surface area contributed by atoms with E-state index in [-0.39, 0.29) is 23.8 Å². The molecule has 13 heteroatoms. The molecule has 1 unspecified atom stereocenters. The van der Waals surface area contributed by atoms with Gasteiger partial charge in [-0.15, -0.1) is 0 Å². The second-order valence-electron chi connectivity index (χ2n) is 12.5. The highest BCUT2D eigenvalue weighted by atomic mass is 16.5. The fraction of sp³-hybridized carbons (Fsp3) is 0.297. The first kappa shape index (κ1) is 34.2. The average Bonchev–Trinajstić information content (AvgIpc) is 3.50. The molecule has 50 heavy (non-hydrogen) atoms. The van der Waals surface area contributed by atoms with Crippen LogP contribution in [0.2, 0.25) is 0 Å². The number of piperidine rings is 1. The summed E-state index contributed by atoms with van der Waals surface area (Å²) in [5, 5.41) is 41.4. The Bertz CT molecular complexity index is 2020. The van der Waals surface area contributed by atoms with Gasteiger partial charge in [0.05, 0.1) is 23.4 Å². The number of fused-ring (bicyclic) bond motifs is 1. The lowest BCUT2D eigenvalue weighted by Crippen LogP contribution is -2.41. The SMILES string of the molecule is Cn1nc(C(=O)N2CCC(CNC[C@@H](O)c3ccc(O)c4[nH]c(=O)ccc34)CC2)cc1COc1cccc(C(NC(=O)O)c2ccccc2)c1. The van der Waals surface area contributed by atoms with Gasteiger partial charge in [-0.1, -0.05) is 48.5 Å². The van der Waals surface area contributed by atoms with E-state index in [4.69, 9.17) is 4.74 Å². The number of H-pyrrole nitrogens is 1. The number of carboxylic acid groups (broad SMARTS) is 1. The van der Waals surface area contributed by atoms with Gasteiger partial charge in [0.2, 0.25) is 5.56 Å². The number of aromatic amines is 1. The number of aryl methyl sites for hydroxylation is 1. The van der Waals surface area contributed by atoms with E-state index in [2.05, 4.69) is 20.7 Å². The maximum atomic E-state index is 13.4. The summed E-state index contributed by atoms with van der Waals surface area (Å²) in [5.41, 5.74) is 3.18. The lowest BCUT2D eigenvalue weighted by atomic mass is 9.96. The van der Waals surface area contributed by atoms with Crippen LogP contribution in [0.5, 0.6) is 11.5 Å². The number of rotatable bonds is 12. The van der Waals surface area contributed by atoms with Gasteiger partial charge in [-0.25, -0.2) is 4.79 Å². The van der Waals surface area contributed by atoms with Crippen LogP contribution in [-0.2, 0) is 13.7 Å². The minimum atomic E-state index is -1.13. The average molecular weight is 681 g/mol. The van der Waals surface area contributed by atoms with E-state index in [1.54, 1.807) is 42.1 Å². The van der Waals surface area contributed by atoms with Crippen LogP contribution in [0.25, 0.3) is 10.9 Å². The smallest absolute Gasteiger partial charge is 0.405 e. The number of phenolic OH excluding ortho intramolecular Hbond substituents is 1. The number of hydrogen-bond acceptors (Lipinski definition) is 8. The van der Waals surface area contributed by atoms with Gasteiger partial charge in [-0.3, -0.25) is 14.3 Å². The van der Waals surface area contributed by atoms with Crippen LogP contribution in [0.4, 0.5) is 4.79 Å². The Morgan fingerprint density at radius 2 is 1.76 bits per heavy atom. The number of aromatic nitrogens is 3. The van der Waals surface area contributed by atoms with Crippen molar-refractivity contribution >= 4 is 22.9 Å². The standard InChI is InChI=1S/C37H40N6O7/c1-42-26(22-50-27-9-5-8-25(18-27)34(40-37(48)49)24-6-3-2-4-7-24)19-30(41-42)36(47)43-16-14-23(15-17-43)20-38-21-32(45)28-10-12-31(44)35-29(28)11-13-33(46)39-35/h2-13,18-19,23,32,34,38,40,44-45H,14-17,20-22H2,1H3,(H,39,46)(H,48,49)/t32-,34?/m1/s1. The molecule has 6 rings (SSSR count). The van der Waals surface area contributed by atoms with Gasteiger partial charge >= 0.3 is 6.09 Å². The van der Waals surface area contributed by atoms with E-state index in [0.29, 0.717) is 65.7 Å². The van der Waals surface area contributed by atoms with E-state index in [0.717, 1.165) is 24.0 Å². The first-order valence-electron chi connectivity index (χ1n) is 16.5. The van der Waals surface area contributed by atoms with Crippen LogP contribution in [0.1, 0.15) is 57.9 Å². The molecule has 6 N–H and O–H groups in total. The molecule has 3 aromatic carbocycles. The molecule has 0 saturated carbocycles. The third kappa shape index (κ3) is 7.96. The fourth-order valence-corrected chi connectivity index (χ4v) is 6.40. The molecule has 3 heterocycles. The second-order valence-corrected chi connectivity index (χ2v) is 12.5. The number of aliphatic hydroxyl groups is 1. The molecule has 0 bridgehead atoms. The highest BCUT2D eigenvalue weighted by Crippen LogP contribution is 2.29. The molecule has 1 aliphatic heterocycles. The van der Waals surface area contributed by atoms with Crippen LogP contribution in [0, 0.1) is 5.92 Å². The van der Waals surface area contributed by atoms with Crippen molar-refractivity contribution in [2.24, 2.45) is 13.0 Å². The number of benzene rings is 3. The predicted octanol–water partition coefficient (Wildman–Crippen LogP) is 4.08. The Morgan fingerprint density at radius 3 is 2.52 bits per heavy atom. The molecule has 5 aromatic rings. The molecule has 1 aliphatic rings. The second kappa shape index (κ2) is 15.3. The highest BCUT2D eigenvalue weighted by molar-refractivity contribution is 5.92. The zero-order valence-corrected chi connectivity index (χ0v) is 27.6. The van der Waals surface area contributed by atoms with Crippen molar-refractivity contribution in [1.29, 1.82) is 0 Å². The molecular formula is C37H40N6O7. The molecular weight excluding hydrogens is 640 g/mol. The molecule has 2 atom stereocenters. The molecule has 1 saturated heterocycles. The lowest BCUT2D eigenvalue weighted by Gasteiger charge is -2.32. The summed E-state index contributed by atoms with van der Waals surface area (Å²) < 4.78 is 7.69. The minimum absolute atomic E-state index is 0.0504. The first-order valence-corrected chi connectivity index (χ1v) is 16.5. The van der Waals surface area contributed by atoms with E-state index < -0.39 is 18.2 Å². The monoisotopic (exact) mass is 680 g/mol. The number of likely N-dealkylation sites (tertiary alicyclic amines) is 1. The molecule has 2 amide bonds. The van der Waals surface area contributed by atoms with Crippen molar-refractivity contribution in [2.45, 2.75) is 31.6 Å². The number of amides is 2. The normalized spacial score (nSPS) is 14.7. The molecule has 260 valence electrons.